The molecule has 1 heterocycles. The summed E-state index contributed by atoms with van der Waals surface area (Å²) in [5, 5.41) is 5.37. The van der Waals surface area contributed by atoms with Gasteiger partial charge in [-0.15, -0.1) is 0 Å². The first-order chi connectivity index (χ1) is 15.8. The van der Waals surface area contributed by atoms with Gasteiger partial charge in [0, 0.05) is 58.9 Å². The Morgan fingerprint density at radius 3 is 2.45 bits per heavy atom. The van der Waals surface area contributed by atoms with Gasteiger partial charge in [0.15, 0.2) is 5.78 Å². The SMILES string of the molecule is CCN=c1cc2oc3cc(NCC)c(C)cc3c(-c3ccccc3C(=O)C(C)C)c-2cc1C. The molecule has 4 nitrogen and oxygen atoms in total. The van der Waals surface area contributed by atoms with Gasteiger partial charge >= 0.3 is 0 Å². The molecule has 1 aliphatic heterocycles. The lowest BCUT2D eigenvalue weighted by molar-refractivity contribution is 0.0940. The lowest BCUT2D eigenvalue weighted by Gasteiger charge is -2.20. The van der Waals surface area contributed by atoms with Crippen LogP contribution in [0.5, 0.6) is 0 Å². The third kappa shape index (κ3) is 4.18. The van der Waals surface area contributed by atoms with Crippen LogP contribution in [0.2, 0.25) is 0 Å². The number of carbonyl (C=O) groups is 1. The van der Waals surface area contributed by atoms with E-state index >= 15 is 0 Å². The molecule has 2 aliphatic rings. The highest BCUT2D eigenvalue weighted by Crippen LogP contribution is 2.43. The van der Waals surface area contributed by atoms with Crippen molar-refractivity contribution in [1.82, 2.24) is 0 Å². The fraction of sp³-hybridized carbons (Fsp3) is 0.310. The molecule has 1 aliphatic carbocycles. The molecule has 2 aromatic carbocycles. The zero-order valence-corrected chi connectivity index (χ0v) is 20.4. The first kappa shape index (κ1) is 22.8. The maximum absolute atomic E-state index is 13.2. The molecule has 0 aromatic heterocycles. The highest BCUT2D eigenvalue weighted by molar-refractivity contribution is 6.10. The molecule has 2 aromatic rings. The van der Waals surface area contributed by atoms with Crippen molar-refractivity contribution in [3.8, 4) is 22.5 Å². The first-order valence-corrected chi connectivity index (χ1v) is 11.8. The minimum atomic E-state index is -0.0872. The van der Waals surface area contributed by atoms with E-state index in [-0.39, 0.29) is 11.7 Å². The van der Waals surface area contributed by atoms with Gasteiger partial charge in [0.1, 0.15) is 11.3 Å². The zero-order chi connectivity index (χ0) is 23.7. The lowest BCUT2D eigenvalue weighted by Crippen LogP contribution is -2.11. The van der Waals surface area contributed by atoms with Crippen molar-refractivity contribution in [3.05, 3.63) is 70.6 Å². The Kier molecular flexibility index (Phi) is 6.37. The third-order valence-corrected chi connectivity index (χ3v) is 6.07. The summed E-state index contributed by atoms with van der Waals surface area (Å²) in [6, 6.07) is 16.3. The van der Waals surface area contributed by atoms with Crippen molar-refractivity contribution in [2.75, 3.05) is 18.4 Å². The largest absolute Gasteiger partial charge is 0.456 e. The van der Waals surface area contributed by atoms with E-state index in [1.807, 2.05) is 45.0 Å². The van der Waals surface area contributed by atoms with Gasteiger partial charge in [0.25, 0.3) is 0 Å². The van der Waals surface area contributed by atoms with Gasteiger partial charge in [-0.25, -0.2) is 0 Å². The lowest BCUT2D eigenvalue weighted by atomic mass is 9.86. The van der Waals surface area contributed by atoms with Gasteiger partial charge in [-0.2, -0.15) is 0 Å². The van der Waals surface area contributed by atoms with Crippen molar-refractivity contribution >= 4 is 22.4 Å². The number of benzene rings is 3. The highest BCUT2D eigenvalue weighted by atomic mass is 16.3. The minimum Gasteiger partial charge on any atom is -0.456 e. The number of fused-ring (bicyclic) bond motifs is 2. The van der Waals surface area contributed by atoms with Gasteiger partial charge < -0.3 is 9.73 Å². The molecule has 0 saturated heterocycles. The Hall–Kier alpha value is -3.40. The number of anilines is 1. The van der Waals surface area contributed by atoms with Crippen LogP contribution in [0.25, 0.3) is 33.4 Å². The minimum absolute atomic E-state index is 0.0872. The topological polar surface area (TPSA) is 54.6 Å². The Balaban J connectivity index is 2.18. The molecule has 4 rings (SSSR count). The first-order valence-electron chi connectivity index (χ1n) is 11.8. The molecule has 170 valence electrons. The smallest absolute Gasteiger partial charge is 0.166 e. The quantitative estimate of drug-likeness (QED) is 0.259. The molecule has 0 fully saturated rings. The summed E-state index contributed by atoms with van der Waals surface area (Å²) < 4.78 is 6.46. The average Bonchev–Trinajstić information content (AvgIpc) is 2.79. The van der Waals surface area contributed by atoms with Crippen molar-refractivity contribution in [3.63, 3.8) is 0 Å². The highest BCUT2D eigenvalue weighted by Gasteiger charge is 2.23. The second kappa shape index (κ2) is 9.22. The summed E-state index contributed by atoms with van der Waals surface area (Å²) in [6.45, 7) is 13.7. The molecular formula is C29H32N2O2. The summed E-state index contributed by atoms with van der Waals surface area (Å²) in [4.78, 5) is 17.8. The Bertz CT molecular complexity index is 1380. The summed E-state index contributed by atoms with van der Waals surface area (Å²) in [7, 11) is 0. The fourth-order valence-corrected chi connectivity index (χ4v) is 4.43. The van der Waals surface area contributed by atoms with Crippen LogP contribution in [0.1, 0.15) is 49.2 Å². The summed E-state index contributed by atoms with van der Waals surface area (Å²) in [6.07, 6.45) is 0. The number of aryl methyl sites for hydroxylation is 2. The predicted octanol–water partition coefficient (Wildman–Crippen LogP) is 7.01. The number of carbonyl (C=O) groups excluding carboxylic acids is 1. The number of hydrogen-bond acceptors (Lipinski definition) is 4. The summed E-state index contributed by atoms with van der Waals surface area (Å²) >= 11 is 0. The van der Waals surface area contributed by atoms with E-state index in [0.717, 1.165) is 67.7 Å². The number of ketones is 1. The average molecular weight is 441 g/mol. The molecule has 0 spiro atoms. The Labute approximate surface area is 195 Å². The van der Waals surface area contributed by atoms with Crippen LogP contribution in [0, 0.1) is 19.8 Å². The third-order valence-electron chi connectivity index (χ3n) is 6.07. The second-order valence-electron chi connectivity index (χ2n) is 8.84. The number of nitrogens with one attached hydrogen (secondary N) is 1. The van der Waals surface area contributed by atoms with Crippen molar-refractivity contribution in [1.29, 1.82) is 0 Å². The van der Waals surface area contributed by atoms with Crippen LogP contribution in [0.15, 0.2) is 57.9 Å². The van der Waals surface area contributed by atoms with Gasteiger partial charge in [-0.3, -0.25) is 9.79 Å². The van der Waals surface area contributed by atoms with E-state index in [9.17, 15) is 4.79 Å². The van der Waals surface area contributed by atoms with Crippen LogP contribution >= 0.6 is 0 Å². The van der Waals surface area contributed by atoms with E-state index < -0.39 is 0 Å². The monoisotopic (exact) mass is 440 g/mol. The van der Waals surface area contributed by atoms with Crippen molar-refractivity contribution < 1.29 is 9.21 Å². The number of rotatable bonds is 6. The van der Waals surface area contributed by atoms with E-state index in [1.165, 1.54) is 0 Å². The van der Waals surface area contributed by atoms with Crippen LogP contribution in [-0.4, -0.2) is 18.9 Å². The number of Topliss-reactive ketones (excluding diaryl/α,β-unsaturated/α-hetero) is 1. The summed E-state index contributed by atoms with van der Waals surface area (Å²) in [5.41, 5.74) is 7.79. The van der Waals surface area contributed by atoms with Crippen LogP contribution < -0.4 is 10.7 Å². The van der Waals surface area contributed by atoms with Gasteiger partial charge in [-0.1, -0.05) is 38.1 Å². The van der Waals surface area contributed by atoms with Crippen molar-refractivity contribution in [2.24, 2.45) is 10.9 Å². The molecule has 0 saturated carbocycles. The van der Waals surface area contributed by atoms with E-state index in [2.05, 4.69) is 55.3 Å². The van der Waals surface area contributed by atoms with E-state index in [1.54, 1.807) is 0 Å². The predicted molar refractivity (Wildman–Crippen MR) is 137 cm³/mol. The normalized spacial score (nSPS) is 12.2. The molecule has 33 heavy (non-hydrogen) atoms. The number of hydrogen-bond donors (Lipinski definition) is 1. The molecule has 0 radical (unpaired) electrons. The van der Waals surface area contributed by atoms with Gasteiger partial charge in [0.2, 0.25) is 0 Å². The standard InChI is InChI=1S/C29H32N2O2/c1-7-30-24-15-26-22(13-18(24)5)28(20-11-9-10-12-21(20)29(32)17(3)4)23-14-19(6)25(31-8-2)16-27(23)33-26/h9-17,30H,7-8H2,1-6H3. The summed E-state index contributed by atoms with van der Waals surface area (Å²) in [5.74, 6) is 0.826. The fourth-order valence-electron chi connectivity index (χ4n) is 4.43. The molecule has 0 unspecified atom stereocenters. The molecule has 0 amide bonds. The molecule has 4 heteroatoms. The molecule has 0 atom stereocenters. The van der Waals surface area contributed by atoms with Crippen LogP contribution in [0.3, 0.4) is 0 Å². The van der Waals surface area contributed by atoms with Crippen molar-refractivity contribution in [2.45, 2.75) is 41.5 Å². The maximum atomic E-state index is 13.2. The maximum Gasteiger partial charge on any atom is 0.166 e. The van der Waals surface area contributed by atoms with E-state index in [0.29, 0.717) is 6.54 Å². The van der Waals surface area contributed by atoms with Crippen LogP contribution in [0.4, 0.5) is 5.69 Å². The van der Waals surface area contributed by atoms with E-state index in [4.69, 9.17) is 4.42 Å². The molecule has 0 bridgehead atoms. The number of nitrogens with zero attached hydrogens (tertiary/aromatic N) is 1. The van der Waals surface area contributed by atoms with Gasteiger partial charge in [-0.05, 0) is 56.5 Å². The van der Waals surface area contributed by atoms with Crippen LogP contribution in [-0.2, 0) is 0 Å². The zero-order valence-electron chi connectivity index (χ0n) is 20.4. The van der Waals surface area contributed by atoms with Gasteiger partial charge in [0.05, 0.1) is 5.36 Å². The second-order valence-corrected chi connectivity index (χ2v) is 8.84. The Morgan fingerprint density at radius 1 is 1.00 bits per heavy atom. The molecule has 1 N–H and O–H groups in total. The molecular weight excluding hydrogens is 408 g/mol. The Morgan fingerprint density at radius 2 is 1.76 bits per heavy atom.